The Kier molecular flexibility index (Phi) is 4.03. The second-order valence-corrected chi connectivity index (χ2v) is 4.91. The van der Waals surface area contributed by atoms with Gasteiger partial charge in [-0.25, -0.2) is 4.39 Å². The predicted octanol–water partition coefficient (Wildman–Crippen LogP) is 3.47. The molecule has 0 saturated heterocycles. The van der Waals surface area contributed by atoms with Crippen molar-refractivity contribution >= 4 is 17.2 Å². The van der Waals surface area contributed by atoms with Crippen LogP contribution >= 0.6 is 12.2 Å². The second kappa shape index (κ2) is 4.91. The summed E-state index contributed by atoms with van der Waals surface area (Å²) >= 11 is 4.95. The van der Waals surface area contributed by atoms with E-state index in [1.165, 1.54) is 0 Å². The van der Waals surface area contributed by atoms with Crippen LogP contribution in [0.4, 0.5) is 4.39 Å². The molecule has 1 nitrogen and oxygen atoms in total. The molecule has 16 heavy (non-hydrogen) atoms. The number of rotatable bonds is 3. The van der Waals surface area contributed by atoms with Crippen LogP contribution in [0.1, 0.15) is 36.5 Å². The van der Waals surface area contributed by atoms with Crippen LogP contribution < -0.4 is 5.73 Å². The fourth-order valence-corrected chi connectivity index (χ4v) is 1.87. The third-order valence-electron chi connectivity index (χ3n) is 3.30. The van der Waals surface area contributed by atoms with Gasteiger partial charge in [0.25, 0.3) is 0 Å². The molecule has 1 aromatic carbocycles. The highest BCUT2D eigenvalue weighted by Crippen LogP contribution is 2.28. The molecule has 0 heterocycles. The lowest BCUT2D eigenvalue weighted by Crippen LogP contribution is -2.23. The van der Waals surface area contributed by atoms with E-state index < -0.39 is 0 Å². The van der Waals surface area contributed by atoms with Crippen molar-refractivity contribution in [2.24, 2.45) is 11.7 Å². The van der Waals surface area contributed by atoms with Crippen LogP contribution in [0.2, 0.25) is 0 Å². The van der Waals surface area contributed by atoms with Crippen molar-refractivity contribution in [3.05, 3.63) is 34.6 Å². The molecule has 0 radical (unpaired) electrons. The zero-order valence-electron chi connectivity index (χ0n) is 10.2. The summed E-state index contributed by atoms with van der Waals surface area (Å²) in [6.45, 7) is 7.78. The molecule has 3 heteroatoms. The number of halogens is 1. The number of thiocarbonyl (C=S) groups is 1. The van der Waals surface area contributed by atoms with E-state index in [4.69, 9.17) is 18.0 Å². The molecular formula is C13H18FNS. The lowest BCUT2D eigenvalue weighted by molar-refractivity contribution is 0.552. The van der Waals surface area contributed by atoms with E-state index in [1.807, 2.05) is 33.8 Å². The smallest absolute Gasteiger partial charge is 0.126 e. The summed E-state index contributed by atoms with van der Waals surface area (Å²) in [7, 11) is 0. The Morgan fingerprint density at radius 2 is 1.75 bits per heavy atom. The molecule has 0 aliphatic heterocycles. The molecule has 0 aliphatic carbocycles. The monoisotopic (exact) mass is 239 g/mol. The van der Waals surface area contributed by atoms with Crippen LogP contribution in [0.25, 0.3) is 0 Å². The summed E-state index contributed by atoms with van der Waals surface area (Å²) in [5.74, 6) is -0.151. The molecule has 0 aliphatic rings. The highest BCUT2D eigenvalue weighted by Gasteiger charge is 2.20. The number of aryl methyl sites for hydroxylation is 2. The van der Waals surface area contributed by atoms with E-state index in [0.29, 0.717) is 10.6 Å². The second-order valence-electron chi connectivity index (χ2n) is 4.44. The third kappa shape index (κ3) is 2.59. The lowest BCUT2D eigenvalue weighted by atomic mass is 9.87. The van der Waals surface area contributed by atoms with E-state index in [2.05, 4.69) is 0 Å². The van der Waals surface area contributed by atoms with Crippen molar-refractivity contribution in [1.29, 1.82) is 0 Å². The average molecular weight is 239 g/mol. The minimum absolute atomic E-state index is 0.00612. The first-order valence-electron chi connectivity index (χ1n) is 5.40. The maximum Gasteiger partial charge on any atom is 0.126 e. The molecule has 2 atom stereocenters. The quantitative estimate of drug-likeness (QED) is 0.817. The summed E-state index contributed by atoms with van der Waals surface area (Å²) in [5.41, 5.74) is 8.36. The zero-order chi connectivity index (χ0) is 12.5. The van der Waals surface area contributed by atoms with Crippen molar-refractivity contribution in [1.82, 2.24) is 0 Å². The minimum Gasteiger partial charge on any atom is -0.393 e. The third-order valence-corrected chi connectivity index (χ3v) is 3.67. The summed E-state index contributed by atoms with van der Waals surface area (Å²) < 4.78 is 13.8. The summed E-state index contributed by atoms with van der Waals surface area (Å²) in [4.78, 5) is 0.435. The SMILES string of the molecule is Cc1cc(F)c(C(C)C(C)C(N)=S)cc1C. The molecule has 1 aromatic rings. The molecule has 1 rings (SSSR count). The first kappa shape index (κ1) is 13.1. The van der Waals surface area contributed by atoms with Crippen molar-refractivity contribution < 1.29 is 4.39 Å². The van der Waals surface area contributed by atoms with Gasteiger partial charge in [-0.15, -0.1) is 0 Å². The van der Waals surface area contributed by atoms with Gasteiger partial charge in [-0.3, -0.25) is 0 Å². The van der Waals surface area contributed by atoms with Gasteiger partial charge in [0.15, 0.2) is 0 Å². The van der Waals surface area contributed by atoms with Crippen LogP contribution in [-0.4, -0.2) is 4.99 Å². The highest BCUT2D eigenvalue weighted by molar-refractivity contribution is 7.80. The summed E-state index contributed by atoms with van der Waals surface area (Å²) in [6, 6.07) is 3.47. The van der Waals surface area contributed by atoms with Gasteiger partial charge in [0.05, 0.1) is 4.99 Å². The van der Waals surface area contributed by atoms with Gasteiger partial charge in [0.1, 0.15) is 5.82 Å². The van der Waals surface area contributed by atoms with Crippen molar-refractivity contribution in [2.75, 3.05) is 0 Å². The first-order valence-corrected chi connectivity index (χ1v) is 5.81. The molecule has 0 saturated carbocycles. The molecular weight excluding hydrogens is 221 g/mol. The zero-order valence-corrected chi connectivity index (χ0v) is 11.0. The van der Waals surface area contributed by atoms with E-state index in [9.17, 15) is 4.39 Å². The molecule has 0 fully saturated rings. The van der Waals surface area contributed by atoms with Crippen molar-refractivity contribution in [3.63, 3.8) is 0 Å². The van der Waals surface area contributed by atoms with Gasteiger partial charge < -0.3 is 5.73 Å². The molecule has 0 bridgehead atoms. The Hall–Kier alpha value is -0.960. The van der Waals surface area contributed by atoms with Crippen LogP contribution in [0.15, 0.2) is 12.1 Å². The van der Waals surface area contributed by atoms with E-state index >= 15 is 0 Å². The predicted molar refractivity (Wildman–Crippen MR) is 70.2 cm³/mol. The maximum absolute atomic E-state index is 13.8. The van der Waals surface area contributed by atoms with Gasteiger partial charge in [0.2, 0.25) is 0 Å². The first-order chi connectivity index (χ1) is 7.34. The van der Waals surface area contributed by atoms with E-state index in [0.717, 1.165) is 11.1 Å². The maximum atomic E-state index is 13.8. The molecule has 0 spiro atoms. The molecule has 0 aromatic heterocycles. The van der Waals surface area contributed by atoms with Gasteiger partial charge in [0, 0.05) is 5.92 Å². The number of benzene rings is 1. The van der Waals surface area contributed by atoms with E-state index in [1.54, 1.807) is 6.07 Å². The Bertz CT molecular complexity index is 415. The number of nitrogens with two attached hydrogens (primary N) is 1. The lowest BCUT2D eigenvalue weighted by Gasteiger charge is -2.20. The van der Waals surface area contributed by atoms with Gasteiger partial charge in [-0.2, -0.15) is 0 Å². The van der Waals surface area contributed by atoms with Gasteiger partial charge in [-0.05, 0) is 42.5 Å². The standard InChI is InChI=1S/C13H18FNS/c1-7-5-11(12(14)6-8(7)2)9(3)10(4)13(15)16/h5-6,9-10H,1-4H3,(H2,15,16). The number of hydrogen-bond donors (Lipinski definition) is 1. The topological polar surface area (TPSA) is 26.0 Å². The molecule has 2 N–H and O–H groups in total. The van der Waals surface area contributed by atoms with Crippen LogP contribution in [0.3, 0.4) is 0 Å². The van der Waals surface area contributed by atoms with Gasteiger partial charge >= 0.3 is 0 Å². The van der Waals surface area contributed by atoms with Crippen LogP contribution in [-0.2, 0) is 0 Å². The molecule has 88 valence electrons. The fraction of sp³-hybridized carbons (Fsp3) is 0.462. The Balaban J connectivity index is 3.13. The molecule has 2 unspecified atom stereocenters. The van der Waals surface area contributed by atoms with Crippen molar-refractivity contribution in [3.8, 4) is 0 Å². The summed E-state index contributed by atoms with van der Waals surface area (Å²) in [6.07, 6.45) is 0. The Labute approximate surface area is 102 Å². The molecule has 0 amide bonds. The van der Waals surface area contributed by atoms with Crippen molar-refractivity contribution in [2.45, 2.75) is 33.6 Å². The fourth-order valence-electron chi connectivity index (χ4n) is 1.67. The minimum atomic E-state index is -0.168. The van der Waals surface area contributed by atoms with Crippen LogP contribution in [0, 0.1) is 25.6 Å². The van der Waals surface area contributed by atoms with Crippen LogP contribution in [0.5, 0.6) is 0 Å². The largest absolute Gasteiger partial charge is 0.393 e. The van der Waals surface area contributed by atoms with Gasteiger partial charge in [-0.1, -0.05) is 32.1 Å². The van der Waals surface area contributed by atoms with E-state index in [-0.39, 0.29) is 17.7 Å². The Morgan fingerprint density at radius 3 is 2.25 bits per heavy atom. The Morgan fingerprint density at radius 1 is 1.25 bits per heavy atom. The highest BCUT2D eigenvalue weighted by atomic mass is 32.1. The normalized spacial score (nSPS) is 14.6. The average Bonchev–Trinajstić information content (AvgIpc) is 2.21. The summed E-state index contributed by atoms with van der Waals surface area (Å²) in [5, 5.41) is 0. The number of hydrogen-bond acceptors (Lipinski definition) is 1.